The molecular weight excluding hydrogens is 342 g/mol. The summed E-state index contributed by atoms with van der Waals surface area (Å²) in [4.78, 5) is 36.0. The third kappa shape index (κ3) is 7.37. The number of hydrogen-bond donors (Lipinski definition) is 1. The first-order valence-corrected chi connectivity index (χ1v) is 9.70. The summed E-state index contributed by atoms with van der Waals surface area (Å²) >= 11 is 0. The Labute approximate surface area is 161 Å². The number of amides is 1. The van der Waals surface area contributed by atoms with E-state index in [9.17, 15) is 14.4 Å². The van der Waals surface area contributed by atoms with Crippen LogP contribution in [-0.4, -0.2) is 30.3 Å². The Balaban J connectivity index is 1.66. The summed E-state index contributed by atoms with van der Waals surface area (Å²) in [6.07, 6.45) is 6.98. The highest BCUT2D eigenvalue weighted by Gasteiger charge is 2.18. The van der Waals surface area contributed by atoms with Gasteiger partial charge in [0.25, 0.3) is 5.91 Å². The summed E-state index contributed by atoms with van der Waals surface area (Å²) in [6, 6.07) is 7.23. The molecule has 5 heteroatoms. The predicted octanol–water partition coefficient (Wildman–Crippen LogP) is 3.90. The number of Topliss-reactive ketones (excluding diaryl/α,β-unsaturated/α-hetero) is 1. The lowest BCUT2D eigenvalue weighted by Crippen LogP contribution is -2.36. The Bertz CT molecular complexity index is 691. The third-order valence-electron chi connectivity index (χ3n) is 4.74. The summed E-state index contributed by atoms with van der Waals surface area (Å²) in [5, 5.41) is 2.81. The van der Waals surface area contributed by atoms with Crippen molar-refractivity contribution in [2.24, 2.45) is 0 Å². The van der Waals surface area contributed by atoms with Gasteiger partial charge in [-0.25, -0.2) is 0 Å². The summed E-state index contributed by atoms with van der Waals surface area (Å²) in [7, 11) is 0. The molecule has 27 heavy (non-hydrogen) atoms. The van der Waals surface area contributed by atoms with Crippen LogP contribution in [0.5, 0.6) is 0 Å². The Morgan fingerprint density at radius 2 is 1.85 bits per heavy atom. The molecule has 2 rings (SSSR count). The number of carbonyl (C=O) groups is 3. The van der Waals surface area contributed by atoms with Gasteiger partial charge in [0.1, 0.15) is 0 Å². The first kappa shape index (κ1) is 20.9. The van der Waals surface area contributed by atoms with E-state index in [4.69, 9.17) is 4.74 Å². The minimum atomic E-state index is -0.854. The molecule has 0 aromatic heterocycles. The van der Waals surface area contributed by atoms with Gasteiger partial charge in [-0.1, -0.05) is 41.5 Å². The van der Waals surface area contributed by atoms with Crippen molar-refractivity contribution in [3.8, 4) is 0 Å². The lowest BCUT2D eigenvalue weighted by molar-refractivity contribution is -0.154. The second-order valence-electron chi connectivity index (χ2n) is 7.07. The number of hydrogen-bond acceptors (Lipinski definition) is 4. The van der Waals surface area contributed by atoms with Crippen molar-refractivity contribution < 1.29 is 19.1 Å². The van der Waals surface area contributed by atoms with Gasteiger partial charge < -0.3 is 10.1 Å². The largest absolute Gasteiger partial charge is 0.453 e. The topological polar surface area (TPSA) is 72.5 Å². The number of rotatable bonds is 9. The van der Waals surface area contributed by atoms with Crippen molar-refractivity contribution in [3.63, 3.8) is 0 Å². The molecule has 0 saturated carbocycles. The van der Waals surface area contributed by atoms with E-state index >= 15 is 0 Å². The van der Waals surface area contributed by atoms with E-state index < -0.39 is 12.1 Å². The van der Waals surface area contributed by atoms with Crippen molar-refractivity contribution >= 4 is 17.7 Å². The van der Waals surface area contributed by atoms with Gasteiger partial charge in [0, 0.05) is 18.5 Å². The van der Waals surface area contributed by atoms with Crippen LogP contribution >= 0.6 is 0 Å². The average Bonchev–Trinajstić information content (AvgIpc) is 2.67. The molecule has 1 aliphatic rings. The highest BCUT2D eigenvalue weighted by Crippen LogP contribution is 2.19. The lowest BCUT2D eigenvalue weighted by atomic mass is 9.97. The number of ketones is 1. The van der Waals surface area contributed by atoms with E-state index in [-0.39, 0.29) is 24.5 Å². The van der Waals surface area contributed by atoms with E-state index in [2.05, 4.69) is 11.4 Å². The maximum atomic E-state index is 12.1. The maximum absolute atomic E-state index is 12.1. The monoisotopic (exact) mass is 371 g/mol. The van der Waals surface area contributed by atoms with Crippen LogP contribution in [0.3, 0.4) is 0 Å². The van der Waals surface area contributed by atoms with Gasteiger partial charge in [0.15, 0.2) is 11.9 Å². The van der Waals surface area contributed by atoms with Crippen molar-refractivity contribution in [1.82, 2.24) is 5.32 Å². The molecule has 0 fully saturated rings. The molecule has 1 aromatic carbocycles. The molecule has 0 saturated heterocycles. The van der Waals surface area contributed by atoms with Crippen molar-refractivity contribution in [2.45, 2.75) is 64.9 Å². The molecule has 1 atom stereocenters. The molecule has 0 heterocycles. The van der Waals surface area contributed by atoms with Gasteiger partial charge in [-0.15, -0.1) is 0 Å². The van der Waals surface area contributed by atoms with Gasteiger partial charge in [0.05, 0.1) is 6.42 Å². The van der Waals surface area contributed by atoms with Crippen molar-refractivity contribution in [3.05, 3.63) is 47.0 Å². The minimum absolute atomic E-state index is 0.0305. The number of ether oxygens (including phenoxy) is 1. The summed E-state index contributed by atoms with van der Waals surface area (Å²) in [6.45, 7) is 4.05. The Morgan fingerprint density at radius 1 is 1.11 bits per heavy atom. The molecule has 0 bridgehead atoms. The number of esters is 1. The van der Waals surface area contributed by atoms with Crippen LogP contribution in [-0.2, 0) is 14.3 Å². The van der Waals surface area contributed by atoms with Crippen LogP contribution in [0.25, 0.3) is 0 Å². The maximum Gasteiger partial charge on any atom is 0.307 e. The summed E-state index contributed by atoms with van der Waals surface area (Å²) < 4.78 is 5.14. The van der Waals surface area contributed by atoms with Gasteiger partial charge in [-0.05, 0) is 46.0 Å². The number of nitrogens with one attached hydrogen (secondary N) is 1. The molecule has 0 radical (unpaired) electrons. The van der Waals surface area contributed by atoms with E-state index in [1.165, 1.54) is 18.4 Å². The van der Waals surface area contributed by atoms with Gasteiger partial charge in [-0.2, -0.15) is 0 Å². The minimum Gasteiger partial charge on any atom is -0.453 e. The van der Waals surface area contributed by atoms with E-state index in [1.807, 2.05) is 19.1 Å². The predicted molar refractivity (Wildman–Crippen MR) is 104 cm³/mol. The second kappa shape index (κ2) is 10.7. The summed E-state index contributed by atoms with van der Waals surface area (Å²) in [5.41, 5.74) is 3.04. The van der Waals surface area contributed by atoms with E-state index in [0.29, 0.717) is 12.1 Å². The van der Waals surface area contributed by atoms with Gasteiger partial charge in [0.2, 0.25) is 0 Å². The molecule has 1 amide bonds. The number of aryl methyl sites for hydroxylation is 1. The smallest absolute Gasteiger partial charge is 0.307 e. The fraction of sp³-hybridized carbons (Fsp3) is 0.500. The molecule has 1 aliphatic carbocycles. The molecule has 146 valence electrons. The first-order valence-electron chi connectivity index (χ1n) is 9.70. The molecule has 1 aromatic rings. The molecule has 5 nitrogen and oxygen atoms in total. The molecular formula is C22H29NO4. The Kier molecular flexibility index (Phi) is 8.24. The Hall–Kier alpha value is -2.43. The highest BCUT2D eigenvalue weighted by molar-refractivity contribution is 5.97. The fourth-order valence-electron chi connectivity index (χ4n) is 3.03. The van der Waals surface area contributed by atoms with Crippen LogP contribution in [0.1, 0.15) is 67.8 Å². The van der Waals surface area contributed by atoms with Crippen LogP contribution in [0.2, 0.25) is 0 Å². The van der Waals surface area contributed by atoms with Crippen LogP contribution in [0, 0.1) is 6.92 Å². The van der Waals surface area contributed by atoms with Crippen molar-refractivity contribution in [2.75, 3.05) is 6.54 Å². The van der Waals surface area contributed by atoms with E-state index in [1.54, 1.807) is 19.1 Å². The average molecular weight is 371 g/mol. The first-order chi connectivity index (χ1) is 13.0. The van der Waals surface area contributed by atoms with Crippen LogP contribution in [0.4, 0.5) is 0 Å². The Morgan fingerprint density at radius 3 is 2.52 bits per heavy atom. The van der Waals surface area contributed by atoms with Crippen LogP contribution < -0.4 is 5.32 Å². The SMILES string of the molecule is Cc1ccc(C(=O)CCC(=O)OC(C)C(=O)NCCC2=CCCCC2)cc1. The normalized spacial score (nSPS) is 14.8. The van der Waals surface area contributed by atoms with E-state index in [0.717, 1.165) is 24.8 Å². The molecule has 0 aliphatic heterocycles. The lowest BCUT2D eigenvalue weighted by Gasteiger charge is -2.15. The molecule has 1 N–H and O–H groups in total. The zero-order valence-corrected chi connectivity index (χ0v) is 16.3. The zero-order valence-electron chi connectivity index (χ0n) is 16.3. The standard InChI is InChI=1S/C22H29NO4/c1-16-8-10-19(11-9-16)20(24)12-13-21(25)27-17(2)22(26)23-15-14-18-6-4-3-5-7-18/h6,8-11,17H,3-5,7,12-15H2,1-2H3,(H,23,26). The number of allylic oxidation sites excluding steroid dienone is 1. The number of carbonyl (C=O) groups excluding carboxylic acids is 3. The van der Waals surface area contributed by atoms with Gasteiger partial charge in [-0.3, -0.25) is 14.4 Å². The van der Waals surface area contributed by atoms with Crippen molar-refractivity contribution in [1.29, 1.82) is 0 Å². The zero-order chi connectivity index (χ0) is 19.6. The third-order valence-corrected chi connectivity index (χ3v) is 4.74. The fourth-order valence-corrected chi connectivity index (χ4v) is 3.03. The summed E-state index contributed by atoms with van der Waals surface area (Å²) in [5.74, 6) is -0.942. The molecule has 1 unspecified atom stereocenters. The quantitative estimate of drug-likeness (QED) is 0.406. The van der Waals surface area contributed by atoms with Gasteiger partial charge >= 0.3 is 5.97 Å². The second-order valence-corrected chi connectivity index (χ2v) is 7.07. The number of benzene rings is 1. The highest BCUT2D eigenvalue weighted by atomic mass is 16.5. The molecule has 0 spiro atoms. The van der Waals surface area contributed by atoms with Crippen LogP contribution in [0.15, 0.2) is 35.9 Å².